The Labute approximate surface area is 155 Å². The van der Waals surface area contributed by atoms with Gasteiger partial charge in [0.1, 0.15) is 5.82 Å². The molecule has 0 bridgehead atoms. The smallest absolute Gasteiger partial charge is 0.169 e. The molecule has 0 aromatic rings. The molecule has 3 atom stereocenters. The number of methoxy groups -OCH3 is 1. The minimum Gasteiger partial charge on any atom is -0.370 e. The third-order valence-corrected chi connectivity index (χ3v) is 5.84. The van der Waals surface area contributed by atoms with Crippen LogP contribution in [0.3, 0.4) is 0 Å². The second-order valence-electron chi connectivity index (χ2n) is 6.49. The lowest BCUT2D eigenvalue weighted by Crippen LogP contribution is -2.37. The highest BCUT2D eigenvalue weighted by atomic mass is 32.2. The van der Waals surface area contributed by atoms with Gasteiger partial charge in [0.15, 0.2) is 6.29 Å². The summed E-state index contributed by atoms with van der Waals surface area (Å²) in [7, 11) is 1.48. The molecule has 0 fully saturated rings. The van der Waals surface area contributed by atoms with Gasteiger partial charge in [0.05, 0.1) is 6.04 Å². The SMILES string of the molecule is C=CC(CCCC1=CCC(CC(N)C(O)OC)S1)=NC1=CCCCN1. The van der Waals surface area contributed by atoms with E-state index >= 15 is 0 Å². The maximum Gasteiger partial charge on any atom is 0.169 e. The van der Waals surface area contributed by atoms with Gasteiger partial charge in [-0.15, -0.1) is 11.8 Å². The molecule has 3 unspecified atom stereocenters. The molecule has 0 saturated heterocycles. The molecule has 2 aliphatic heterocycles. The molecule has 0 spiro atoms. The summed E-state index contributed by atoms with van der Waals surface area (Å²) >= 11 is 1.89. The van der Waals surface area contributed by atoms with Crippen molar-refractivity contribution in [1.29, 1.82) is 0 Å². The van der Waals surface area contributed by atoms with Crippen LogP contribution in [0.2, 0.25) is 0 Å². The fraction of sp³-hybridized carbons (Fsp3) is 0.632. The molecule has 0 amide bonds. The number of aliphatic imine (C=N–C) groups is 1. The Hall–Kier alpha value is -1.08. The first-order valence-corrected chi connectivity index (χ1v) is 9.96. The molecule has 5 nitrogen and oxygen atoms in total. The van der Waals surface area contributed by atoms with Crippen LogP contribution in [0.5, 0.6) is 0 Å². The number of nitrogens with zero attached hydrogens (tertiary/aromatic N) is 1. The van der Waals surface area contributed by atoms with Crippen molar-refractivity contribution in [2.24, 2.45) is 10.7 Å². The van der Waals surface area contributed by atoms with E-state index < -0.39 is 6.29 Å². The Bertz CT molecular complexity index is 531. The van der Waals surface area contributed by atoms with Crippen molar-refractivity contribution in [2.75, 3.05) is 13.7 Å². The van der Waals surface area contributed by atoms with Gasteiger partial charge in [-0.05, 0) is 62.0 Å². The van der Waals surface area contributed by atoms with E-state index in [0.717, 1.165) is 56.6 Å². The van der Waals surface area contributed by atoms with Crippen LogP contribution in [-0.4, -0.2) is 42.1 Å². The van der Waals surface area contributed by atoms with E-state index in [0.29, 0.717) is 5.25 Å². The van der Waals surface area contributed by atoms with Crippen LogP contribution >= 0.6 is 11.8 Å². The van der Waals surface area contributed by atoms with Gasteiger partial charge in [0, 0.05) is 24.6 Å². The standard InChI is InChI=1S/C19H31N3O2S/c1-3-14(22-18-9-4-5-12-21-18)7-6-8-15-10-11-16(25-15)13-17(20)19(23)24-2/h3,9-10,16-17,19,21,23H,1,4-8,11-13,20H2,2H3. The van der Waals surface area contributed by atoms with E-state index in [4.69, 9.17) is 10.5 Å². The third-order valence-electron chi connectivity index (χ3n) is 4.45. The number of nitrogens with one attached hydrogen (secondary N) is 1. The Balaban J connectivity index is 1.70. The number of hydrogen-bond acceptors (Lipinski definition) is 6. The molecule has 6 heteroatoms. The van der Waals surface area contributed by atoms with Gasteiger partial charge in [-0.1, -0.05) is 12.7 Å². The molecular weight excluding hydrogens is 334 g/mol. The summed E-state index contributed by atoms with van der Waals surface area (Å²) in [6, 6.07) is -0.328. The number of allylic oxidation sites excluding steroid dienone is 4. The Morgan fingerprint density at radius 3 is 3.12 bits per heavy atom. The number of thioether (sulfide) groups is 1. The topological polar surface area (TPSA) is 79.9 Å². The first-order chi connectivity index (χ1) is 12.1. The summed E-state index contributed by atoms with van der Waals surface area (Å²) < 4.78 is 4.89. The zero-order valence-corrected chi connectivity index (χ0v) is 15.9. The van der Waals surface area contributed by atoms with E-state index in [1.54, 1.807) is 0 Å². The first kappa shape index (κ1) is 20.2. The summed E-state index contributed by atoms with van der Waals surface area (Å²) in [6.07, 6.45) is 12.6. The Morgan fingerprint density at radius 1 is 1.60 bits per heavy atom. The number of hydrogen-bond donors (Lipinski definition) is 3. The van der Waals surface area contributed by atoms with Gasteiger partial charge in [0.2, 0.25) is 0 Å². The van der Waals surface area contributed by atoms with Crippen LogP contribution in [0.15, 0.2) is 40.5 Å². The third kappa shape index (κ3) is 6.98. The summed E-state index contributed by atoms with van der Waals surface area (Å²) in [5.74, 6) is 0.987. The molecule has 0 saturated carbocycles. The van der Waals surface area contributed by atoms with Crippen LogP contribution in [0.1, 0.15) is 44.9 Å². The highest BCUT2D eigenvalue weighted by Gasteiger charge is 2.23. The maximum atomic E-state index is 9.61. The number of rotatable bonds is 10. The molecule has 0 radical (unpaired) electrons. The van der Waals surface area contributed by atoms with E-state index in [1.165, 1.54) is 18.4 Å². The van der Waals surface area contributed by atoms with Crippen LogP contribution in [0, 0.1) is 0 Å². The number of nitrogens with two attached hydrogens (primary N) is 1. The predicted octanol–water partition coefficient (Wildman–Crippen LogP) is 3.08. The highest BCUT2D eigenvalue weighted by molar-refractivity contribution is 8.03. The van der Waals surface area contributed by atoms with Crippen LogP contribution in [-0.2, 0) is 4.74 Å². The van der Waals surface area contributed by atoms with E-state index in [9.17, 15) is 5.11 Å². The van der Waals surface area contributed by atoms with Crippen molar-refractivity contribution < 1.29 is 9.84 Å². The van der Waals surface area contributed by atoms with Crippen LogP contribution in [0.25, 0.3) is 0 Å². The average molecular weight is 366 g/mol. The summed E-state index contributed by atoms with van der Waals surface area (Å²) in [6.45, 7) is 4.90. The predicted molar refractivity (Wildman–Crippen MR) is 106 cm³/mol. The number of ether oxygens (including phenoxy) is 1. The summed E-state index contributed by atoms with van der Waals surface area (Å²) in [4.78, 5) is 6.08. The Morgan fingerprint density at radius 2 is 2.44 bits per heavy atom. The van der Waals surface area contributed by atoms with Crippen molar-refractivity contribution in [3.05, 3.63) is 35.5 Å². The van der Waals surface area contributed by atoms with Crippen molar-refractivity contribution in [1.82, 2.24) is 5.32 Å². The molecule has 0 aromatic heterocycles. The minimum absolute atomic E-state index is 0.328. The summed E-state index contributed by atoms with van der Waals surface area (Å²) in [5, 5.41) is 13.4. The van der Waals surface area contributed by atoms with Gasteiger partial charge in [-0.3, -0.25) is 0 Å². The molecule has 2 rings (SSSR count). The van der Waals surface area contributed by atoms with Gasteiger partial charge >= 0.3 is 0 Å². The normalized spacial score (nSPS) is 23.5. The van der Waals surface area contributed by atoms with Crippen LogP contribution < -0.4 is 11.1 Å². The van der Waals surface area contributed by atoms with Crippen molar-refractivity contribution in [3.8, 4) is 0 Å². The number of aliphatic hydroxyl groups excluding tert-OH is 1. The molecule has 0 aromatic carbocycles. The maximum absolute atomic E-state index is 9.61. The molecular formula is C19H31N3O2S. The minimum atomic E-state index is -0.876. The zero-order valence-electron chi connectivity index (χ0n) is 15.1. The fourth-order valence-corrected chi connectivity index (χ4v) is 4.38. The lowest BCUT2D eigenvalue weighted by Gasteiger charge is -2.20. The van der Waals surface area contributed by atoms with Crippen molar-refractivity contribution in [3.63, 3.8) is 0 Å². The molecule has 2 aliphatic rings. The van der Waals surface area contributed by atoms with E-state index in [1.807, 2.05) is 17.8 Å². The molecule has 0 aliphatic carbocycles. The average Bonchev–Trinajstić information content (AvgIpc) is 3.08. The molecule has 2 heterocycles. The van der Waals surface area contributed by atoms with Gasteiger partial charge in [-0.2, -0.15) is 0 Å². The molecule has 4 N–H and O–H groups in total. The van der Waals surface area contributed by atoms with E-state index in [-0.39, 0.29) is 6.04 Å². The second-order valence-corrected chi connectivity index (χ2v) is 7.92. The summed E-state index contributed by atoms with van der Waals surface area (Å²) in [5.41, 5.74) is 7.00. The van der Waals surface area contributed by atoms with Gasteiger partial charge in [0.25, 0.3) is 0 Å². The zero-order chi connectivity index (χ0) is 18.1. The first-order valence-electron chi connectivity index (χ1n) is 9.08. The lowest BCUT2D eigenvalue weighted by molar-refractivity contribution is -0.0905. The number of aliphatic hydroxyl groups is 1. The highest BCUT2D eigenvalue weighted by Crippen LogP contribution is 2.37. The largest absolute Gasteiger partial charge is 0.370 e. The molecule has 25 heavy (non-hydrogen) atoms. The lowest BCUT2D eigenvalue weighted by atomic mass is 10.1. The van der Waals surface area contributed by atoms with Crippen molar-refractivity contribution >= 4 is 17.5 Å². The van der Waals surface area contributed by atoms with Gasteiger partial charge < -0.3 is 20.9 Å². The quantitative estimate of drug-likeness (QED) is 0.409. The fourth-order valence-electron chi connectivity index (χ4n) is 2.99. The van der Waals surface area contributed by atoms with E-state index in [2.05, 4.69) is 29.0 Å². The van der Waals surface area contributed by atoms with Crippen LogP contribution in [0.4, 0.5) is 0 Å². The van der Waals surface area contributed by atoms with Gasteiger partial charge in [-0.25, -0.2) is 4.99 Å². The monoisotopic (exact) mass is 365 g/mol. The molecule has 140 valence electrons. The van der Waals surface area contributed by atoms with Crippen molar-refractivity contribution in [2.45, 2.75) is 62.5 Å². The Kier molecular flexibility index (Phi) is 8.75. The second kappa shape index (κ2) is 10.8.